The zero-order valence-corrected chi connectivity index (χ0v) is 16.5. The number of nitrogens with one attached hydrogen (secondary N) is 1. The van der Waals surface area contributed by atoms with Gasteiger partial charge in [0.1, 0.15) is 0 Å². The van der Waals surface area contributed by atoms with Crippen LogP contribution in [0.5, 0.6) is 11.5 Å². The van der Waals surface area contributed by atoms with Gasteiger partial charge in [0.05, 0.1) is 26.4 Å². The van der Waals surface area contributed by atoms with Crippen LogP contribution in [0.2, 0.25) is 0 Å². The number of ether oxygens (including phenoxy) is 2. The second-order valence-corrected chi connectivity index (χ2v) is 8.53. The lowest BCUT2D eigenvalue weighted by molar-refractivity contribution is -0.126. The fourth-order valence-corrected chi connectivity index (χ4v) is 4.05. The minimum absolute atomic E-state index is 0.0642. The van der Waals surface area contributed by atoms with Crippen molar-refractivity contribution in [1.82, 2.24) is 9.62 Å². The molecule has 1 aromatic carbocycles. The summed E-state index contributed by atoms with van der Waals surface area (Å²) >= 11 is 0. The number of aryl methyl sites for hydroxylation is 1. The van der Waals surface area contributed by atoms with E-state index in [1.165, 1.54) is 10.6 Å². The maximum absolute atomic E-state index is 12.3. The van der Waals surface area contributed by atoms with Crippen molar-refractivity contribution >= 4 is 15.9 Å². The summed E-state index contributed by atoms with van der Waals surface area (Å²) in [7, 11) is -0.0313. The molecule has 1 atom stereocenters. The topological polar surface area (TPSA) is 84.9 Å². The highest BCUT2D eigenvalue weighted by Crippen LogP contribution is 2.27. The summed E-state index contributed by atoms with van der Waals surface area (Å²) in [5.41, 5.74) is 1.11. The zero-order chi connectivity index (χ0) is 19.2. The van der Waals surface area contributed by atoms with Crippen molar-refractivity contribution in [2.45, 2.75) is 25.7 Å². The first-order chi connectivity index (χ1) is 12.3. The number of hydrogen-bond acceptors (Lipinski definition) is 5. The molecule has 0 bridgehead atoms. The van der Waals surface area contributed by atoms with E-state index < -0.39 is 10.0 Å². The third-order valence-electron chi connectivity index (χ3n) is 4.61. The number of benzene rings is 1. The van der Waals surface area contributed by atoms with Crippen molar-refractivity contribution < 1.29 is 22.7 Å². The first kappa shape index (κ1) is 20.5. The lowest BCUT2D eigenvalue weighted by Crippen LogP contribution is -2.45. The van der Waals surface area contributed by atoms with Gasteiger partial charge in [-0.05, 0) is 43.4 Å². The van der Waals surface area contributed by atoms with Crippen LogP contribution in [0.3, 0.4) is 0 Å². The first-order valence-corrected chi connectivity index (χ1v) is 10.6. The van der Waals surface area contributed by atoms with Gasteiger partial charge < -0.3 is 14.8 Å². The van der Waals surface area contributed by atoms with Crippen LogP contribution >= 0.6 is 0 Å². The van der Waals surface area contributed by atoms with Gasteiger partial charge in [-0.15, -0.1) is 0 Å². The quantitative estimate of drug-likeness (QED) is 0.685. The molecule has 0 spiro atoms. The monoisotopic (exact) mass is 384 g/mol. The highest BCUT2D eigenvalue weighted by atomic mass is 32.2. The van der Waals surface area contributed by atoms with E-state index in [1.54, 1.807) is 14.2 Å². The molecule has 0 aromatic heterocycles. The standard InChI is InChI=1S/C18H28N2O5S/c1-24-16-9-8-14(12-17(16)25-2)6-4-10-19-18(21)15-7-5-11-20(13-15)26(3,22)23/h8-9,12,15H,4-7,10-11,13H2,1-3H3,(H,19,21)/t15-/m0/s1. The number of hydrogen-bond donors (Lipinski definition) is 1. The first-order valence-electron chi connectivity index (χ1n) is 8.79. The van der Waals surface area contributed by atoms with E-state index in [1.807, 2.05) is 18.2 Å². The third-order valence-corrected chi connectivity index (χ3v) is 5.88. The van der Waals surface area contributed by atoms with Crippen molar-refractivity contribution in [2.75, 3.05) is 40.1 Å². The van der Waals surface area contributed by atoms with Crippen LogP contribution < -0.4 is 14.8 Å². The average molecular weight is 384 g/mol. The van der Waals surface area contributed by atoms with Gasteiger partial charge in [0.25, 0.3) is 0 Å². The molecule has 0 radical (unpaired) electrons. The van der Waals surface area contributed by atoms with Crippen LogP contribution in [0.4, 0.5) is 0 Å². The number of carbonyl (C=O) groups excluding carboxylic acids is 1. The summed E-state index contributed by atoms with van der Waals surface area (Å²) in [6.45, 7) is 1.34. The number of piperidine rings is 1. The molecule has 0 unspecified atom stereocenters. The summed E-state index contributed by atoms with van der Waals surface area (Å²) in [6, 6.07) is 5.79. The Morgan fingerprint density at radius 3 is 2.65 bits per heavy atom. The maximum Gasteiger partial charge on any atom is 0.224 e. The molecule has 0 aliphatic carbocycles. The van der Waals surface area contributed by atoms with Gasteiger partial charge in [0.2, 0.25) is 15.9 Å². The molecule has 1 amide bonds. The Morgan fingerprint density at radius 2 is 2.00 bits per heavy atom. The molecule has 1 fully saturated rings. The third kappa shape index (κ3) is 5.60. The minimum Gasteiger partial charge on any atom is -0.493 e. The second kappa shape index (κ2) is 9.23. The smallest absolute Gasteiger partial charge is 0.224 e. The molecule has 1 heterocycles. The van der Waals surface area contributed by atoms with Crippen molar-refractivity contribution in [2.24, 2.45) is 5.92 Å². The van der Waals surface area contributed by atoms with E-state index in [4.69, 9.17) is 9.47 Å². The Bertz CT molecular complexity index is 720. The van der Waals surface area contributed by atoms with E-state index in [-0.39, 0.29) is 18.4 Å². The highest BCUT2D eigenvalue weighted by molar-refractivity contribution is 7.88. The van der Waals surface area contributed by atoms with Gasteiger partial charge in [-0.25, -0.2) is 12.7 Å². The van der Waals surface area contributed by atoms with Crippen molar-refractivity contribution in [3.05, 3.63) is 23.8 Å². The molecule has 1 N–H and O–H groups in total. The normalized spacial score (nSPS) is 18.3. The number of amides is 1. The number of nitrogens with zero attached hydrogens (tertiary/aromatic N) is 1. The fraction of sp³-hybridized carbons (Fsp3) is 0.611. The minimum atomic E-state index is -3.23. The van der Waals surface area contributed by atoms with E-state index in [0.717, 1.165) is 31.2 Å². The second-order valence-electron chi connectivity index (χ2n) is 6.54. The molecule has 0 saturated carbocycles. The molecule has 7 nitrogen and oxygen atoms in total. The van der Waals surface area contributed by atoms with Crippen LogP contribution in [-0.4, -0.2) is 58.7 Å². The van der Waals surface area contributed by atoms with Crippen LogP contribution in [0.15, 0.2) is 18.2 Å². The van der Waals surface area contributed by atoms with Crippen LogP contribution in [0, 0.1) is 5.92 Å². The van der Waals surface area contributed by atoms with E-state index >= 15 is 0 Å². The van der Waals surface area contributed by atoms with Gasteiger partial charge in [-0.3, -0.25) is 4.79 Å². The van der Waals surface area contributed by atoms with Crippen molar-refractivity contribution in [1.29, 1.82) is 0 Å². The molecule has 146 valence electrons. The van der Waals surface area contributed by atoms with E-state index in [0.29, 0.717) is 24.6 Å². The summed E-state index contributed by atoms with van der Waals surface area (Å²) in [5, 5.41) is 2.93. The lowest BCUT2D eigenvalue weighted by atomic mass is 9.99. The summed E-state index contributed by atoms with van der Waals surface area (Å²) in [5.74, 6) is 1.06. The Balaban J connectivity index is 1.78. The molecular weight excluding hydrogens is 356 g/mol. The molecule has 1 aliphatic heterocycles. The molecule has 8 heteroatoms. The molecular formula is C18H28N2O5S. The molecule has 1 aliphatic rings. The number of sulfonamides is 1. The Hall–Kier alpha value is -1.80. The van der Waals surface area contributed by atoms with E-state index in [9.17, 15) is 13.2 Å². The summed E-state index contributed by atoms with van der Waals surface area (Å²) in [4.78, 5) is 12.3. The Kier molecular flexibility index (Phi) is 7.28. The van der Waals surface area contributed by atoms with Crippen molar-refractivity contribution in [3.8, 4) is 11.5 Å². The SMILES string of the molecule is COc1ccc(CCCNC(=O)[C@H]2CCCN(S(C)(=O)=O)C2)cc1OC. The summed E-state index contributed by atoms with van der Waals surface area (Å²) < 4.78 is 35.2. The number of rotatable bonds is 8. The predicted octanol–water partition coefficient (Wildman–Crippen LogP) is 1.42. The molecule has 2 rings (SSSR count). The fourth-order valence-electron chi connectivity index (χ4n) is 3.14. The van der Waals surface area contributed by atoms with Gasteiger partial charge in [0, 0.05) is 19.6 Å². The molecule has 26 heavy (non-hydrogen) atoms. The lowest BCUT2D eigenvalue weighted by Gasteiger charge is -2.30. The van der Waals surface area contributed by atoms with Gasteiger partial charge in [0.15, 0.2) is 11.5 Å². The van der Waals surface area contributed by atoms with Crippen LogP contribution in [0.25, 0.3) is 0 Å². The average Bonchev–Trinajstić information content (AvgIpc) is 2.64. The van der Waals surface area contributed by atoms with Gasteiger partial charge >= 0.3 is 0 Å². The number of methoxy groups -OCH3 is 2. The largest absolute Gasteiger partial charge is 0.493 e. The van der Waals surface area contributed by atoms with Crippen LogP contribution in [-0.2, 0) is 21.2 Å². The van der Waals surface area contributed by atoms with Crippen molar-refractivity contribution in [3.63, 3.8) is 0 Å². The Morgan fingerprint density at radius 1 is 1.27 bits per heavy atom. The van der Waals surface area contributed by atoms with Crippen LogP contribution in [0.1, 0.15) is 24.8 Å². The van der Waals surface area contributed by atoms with Gasteiger partial charge in [-0.2, -0.15) is 0 Å². The summed E-state index contributed by atoms with van der Waals surface area (Å²) in [6.07, 6.45) is 4.24. The molecule has 1 aromatic rings. The maximum atomic E-state index is 12.3. The number of carbonyl (C=O) groups is 1. The predicted molar refractivity (Wildman–Crippen MR) is 100 cm³/mol. The van der Waals surface area contributed by atoms with Gasteiger partial charge in [-0.1, -0.05) is 6.07 Å². The molecule has 1 saturated heterocycles. The highest BCUT2D eigenvalue weighted by Gasteiger charge is 2.29. The zero-order valence-electron chi connectivity index (χ0n) is 15.7. The Labute approximate surface area is 155 Å². The van der Waals surface area contributed by atoms with E-state index in [2.05, 4.69) is 5.32 Å².